The van der Waals surface area contributed by atoms with Crippen LogP contribution < -0.4 is 16.4 Å². The second-order valence-electron chi connectivity index (χ2n) is 6.17. The van der Waals surface area contributed by atoms with Crippen LogP contribution in [0.1, 0.15) is 25.0 Å². The predicted molar refractivity (Wildman–Crippen MR) is 108 cm³/mol. The summed E-state index contributed by atoms with van der Waals surface area (Å²) in [4.78, 5) is 27.4. The van der Waals surface area contributed by atoms with Gasteiger partial charge in [0.05, 0.1) is 19.1 Å². The fourth-order valence-electron chi connectivity index (χ4n) is 2.12. The van der Waals surface area contributed by atoms with Gasteiger partial charge in [0.1, 0.15) is 12.7 Å². The summed E-state index contributed by atoms with van der Waals surface area (Å²) in [6.45, 7) is 4.68. The maximum absolute atomic E-state index is 11.8. The lowest BCUT2D eigenvalue weighted by Gasteiger charge is -2.15. The molecular formula is C17H26Cl2N6O2. The highest BCUT2D eigenvalue weighted by molar-refractivity contribution is 5.87. The van der Waals surface area contributed by atoms with E-state index in [0.29, 0.717) is 13.1 Å². The lowest BCUT2D eigenvalue weighted by molar-refractivity contribution is -0.127. The van der Waals surface area contributed by atoms with E-state index < -0.39 is 6.04 Å². The zero-order chi connectivity index (χ0) is 18.2. The topological polar surface area (TPSA) is 115 Å². The maximum Gasteiger partial charge on any atom is 0.239 e. The molecule has 150 valence electrons. The van der Waals surface area contributed by atoms with Crippen LogP contribution in [0.4, 0.5) is 0 Å². The SMILES string of the molecule is CC(C)[C@H](N)C(=O)NCC(=O)NCc1ccc(Cn2cncn2)cc1.Cl.Cl. The van der Waals surface area contributed by atoms with Crippen molar-refractivity contribution in [2.75, 3.05) is 6.54 Å². The van der Waals surface area contributed by atoms with Crippen LogP contribution in [0.25, 0.3) is 0 Å². The maximum atomic E-state index is 11.8. The molecule has 0 spiro atoms. The molecule has 10 heteroatoms. The number of nitrogens with two attached hydrogens (primary N) is 1. The van der Waals surface area contributed by atoms with Crippen molar-refractivity contribution >= 4 is 36.6 Å². The Bertz CT molecular complexity index is 692. The number of carbonyl (C=O) groups is 2. The molecule has 4 N–H and O–H groups in total. The van der Waals surface area contributed by atoms with Gasteiger partial charge in [0.25, 0.3) is 0 Å². The number of nitrogens with one attached hydrogen (secondary N) is 2. The van der Waals surface area contributed by atoms with Crippen LogP contribution >= 0.6 is 24.8 Å². The van der Waals surface area contributed by atoms with Crippen molar-refractivity contribution in [3.63, 3.8) is 0 Å². The average Bonchev–Trinajstić information content (AvgIpc) is 3.11. The quantitative estimate of drug-likeness (QED) is 0.590. The van der Waals surface area contributed by atoms with E-state index in [2.05, 4.69) is 20.7 Å². The monoisotopic (exact) mass is 416 g/mol. The molecule has 0 fully saturated rings. The standard InChI is InChI=1S/C17H24N6O2.2ClH/c1-12(2)16(18)17(25)21-8-15(24)20-7-13-3-5-14(6-4-13)9-23-11-19-10-22-23;;/h3-6,10-12,16H,7-9,18H2,1-2H3,(H,20,24)(H,21,25);2*1H/t16-;;/m0../s1. The number of halogens is 2. The van der Waals surface area contributed by atoms with Gasteiger partial charge in [-0.3, -0.25) is 9.59 Å². The Morgan fingerprint density at radius 2 is 1.74 bits per heavy atom. The molecule has 0 aliphatic rings. The number of aromatic nitrogens is 3. The molecule has 0 saturated heterocycles. The van der Waals surface area contributed by atoms with Crippen LogP contribution in [0.15, 0.2) is 36.9 Å². The molecule has 0 aliphatic heterocycles. The molecule has 2 amide bonds. The second-order valence-corrected chi connectivity index (χ2v) is 6.17. The number of rotatable bonds is 8. The zero-order valence-electron chi connectivity index (χ0n) is 15.3. The van der Waals surface area contributed by atoms with Gasteiger partial charge in [-0.05, 0) is 17.0 Å². The highest BCUT2D eigenvalue weighted by atomic mass is 35.5. The van der Waals surface area contributed by atoms with Crippen molar-refractivity contribution in [1.82, 2.24) is 25.4 Å². The van der Waals surface area contributed by atoms with Gasteiger partial charge in [0, 0.05) is 6.54 Å². The molecule has 1 aromatic heterocycles. The molecule has 1 heterocycles. The van der Waals surface area contributed by atoms with Gasteiger partial charge >= 0.3 is 0 Å². The second kappa shape index (κ2) is 12.3. The summed E-state index contributed by atoms with van der Waals surface area (Å²) in [5.74, 6) is -0.544. The Hall–Kier alpha value is -2.16. The first-order valence-corrected chi connectivity index (χ1v) is 8.16. The third-order valence-corrected chi connectivity index (χ3v) is 3.77. The Balaban J connectivity index is 0.00000338. The van der Waals surface area contributed by atoms with Crippen LogP contribution in [0.2, 0.25) is 0 Å². The van der Waals surface area contributed by atoms with Crippen LogP contribution in [0.3, 0.4) is 0 Å². The minimum atomic E-state index is -0.606. The lowest BCUT2D eigenvalue weighted by atomic mass is 10.1. The highest BCUT2D eigenvalue weighted by Crippen LogP contribution is 2.05. The molecule has 1 aromatic carbocycles. The van der Waals surface area contributed by atoms with E-state index in [4.69, 9.17) is 5.73 Å². The van der Waals surface area contributed by atoms with Gasteiger partial charge in [0.2, 0.25) is 11.8 Å². The lowest BCUT2D eigenvalue weighted by Crippen LogP contribution is -2.47. The number of nitrogens with zero attached hydrogens (tertiary/aromatic N) is 3. The third-order valence-electron chi connectivity index (χ3n) is 3.77. The van der Waals surface area contributed by atoms with E-state index in [1.54, 1.807) is 11.0 Å². The van der Waals surface area contributed by atoms with E-state index >= 15 is 0 Å². The fraction of sp³-hybridized carbons (Fsp3) is 0.412. The number of hydrogen-bond donors (Lipinski definition) is 3. The molecule has 0 aliphatic carbocycles. The van der Waals surface area contributed by atoms with Crippen molar-refractivity contribution in [3.8, 4) is 0 Å². The van der Waals surface area contributed by atoms with Gasteiger partial charge in [-0.25, -0.2) is 9.67 Å². The van der Waals surface area contributed by atoms with Crippen molar-refractivity contribution < 1.29 is 9.59 Å². The van der Waals surface area contributed by atoms with Crippen LogP contribution in [0.5, 0.6) is 0 Å². The molecule has 0 bridgehead atoms. The molecule has 1 atom stereocenters. The Labute approximate surface area is 171 Å². The van der Waals surface area contributed by atoms with E-state index in [1.165, 1.54) is 6.33 Å². The molecule has 2 aromatic rings. The number of benzene rings is 1. The van der Waals surface area contributed by atoms with Crippen LogP contribution in [-0.4, -0.2) is 39.2 Å². The first kappa shape index (κ1) is 24.8. The smallest absolute Gasteiger partial charge is 0.239 e. The summed E-state index contributed by atoms with van der Waals surface area (Å²) in [5.41, 5.74) is 7.79. The molecule has 0 unspecified atom stereocenters. The number of carbonyl (C=O) groups excluding carboxylic acids is 2. The van der Waals surface area contributed by atoms with E-state index in [0.717, 1.165) is 11.1 Å². The Morgan fingerprint density at radius 1 is 1.11 bits per heavy atom. The van der Waals surface area contributed by atoms with Gasteiger partial charge in [-0.15, -0.1) is 24.8 Å². The van der Waals surface area contributed by atoms with Crippen LogP contribution in [0, 0.1) is 5.92 Å². The van der Waals surface area contributed by atoms with E-state index in [-0.39, 0.29) is 49.1 Å². The summed E-state index contributed by atoms with van der Waals surface area (Å²) >= 11 is 0. The van der Waals surface area contributed by atoms with Crippen molar-refractivity contribution in [1.29, 1.82) is 0 Å². The zero-order valence-corrected chi connectivity index (χ0v) is 16.9. The van der Waals surface area contributed by atoms with Crippen molar-refractivity contribution in [2.45, 2.75) is 33.0 Å². The summed E-state index contributed by atoms with van der Waals surface area (Å²) in [5, 5.41) is 9.36. The average molecular weight is 417 g/mol. The van der Waals surface area contributed by atoms with Crippen LogP contribution in [-0.2, 0) is 22.7 Å². The van der Waals surface area contributed by atoms with E-state index in [9.17, 15) is 9.59 Å². The molecule has 2 rings (SSSR count). The molecule has 8 nitrogen and oxygen atoms in total. The van der Waals surface area contributed by atoms with Gasteiger partial charge in [0.15, 0.2) is 0 Å². The predicted octanol–water partition coefficient (Wildman–Crippen LogP) is 0.886. The summed E-state index contributed by atoms with van der Waals surface area (Å²) in [6.07, 6.45) is 3.16. The first-order chi connectivity index (χ1) is 12.0. The molecule has 27 heavy (non-hydrogen) atoms. The summed E-state index contributed by atoms with van der Waals surface area (Å²) in [7, 11) is 0. The van der Waals surface area contributed by atoms with Gasteiger partial charge in [-0.2, -0.15) is 5.10 Å². The summed E-state index contributed by atoms with van der Waals surface area (Å²) in [6, 6.07) is 7.24. The fourth-order valence-corrected chi connectivity index (χ4v) is 2.12. The van der Waals surface area contributed by atoms with Gasteiger partial charge in [-0.1, -0.05) is 38.1 Å². The Kier molecular flexibility index (Phi) is 11.3. The minimum Gasteiger partial charge on any atom is -0.350 e. The van der Waals surface area contributed by atoms with Gasteiger partial charge < -0.3 is 16.4 Å². The first-order valence-electron chi connectivity index (χ1n) is 8.16. The molecular weight excluding hydrogens is 391 g/mol. The van der Waals surface area contributed by atoms with E-state index in [1.807, 2.05) is 38.1 Å². The summed E-state index contributed by atoms with van der Waals surface area (Å²) < 4.78 is 1.74. The largest absolute Gasteiger partial charge is 0.350 e. The van der Waals surface area contributed by atoms with Crippen molar-refractivity contribution in [2.24, 2.45) is 11.7 Å². The highest BCUT2D eigenvalue weighted by Gasteiger charge is 2.17. The molecule has 0 radical (unpaired) electrons. The normalized spacial score (nSPS) is 11.1. The number of hydrogen-bond acceptors (Lipinski definition) is 5. The van der Waals surface area contributed by atoms with Crippen molar-refractivity contribution in [3.05, 3.63) is 48.0 Å². The number of amides is 2. The third kappa shape index (κ3) is 8.38. The Morgan fingerprint density at radius 3 is 2.30 bits per heavy atom. The minimum absolute atomic E-state index is 0. The molecule has 0 saturated carbocycles.